The Kier molecular flexibility index (Phi) is 5.97. The van der Waals surface area contributed by atoms with E-state index in [-0.39, 0.29) is 24.2 Å². The first-order valence-corrected chi connectivity index (χ1v) is 10.5. The molecule has 1 saturated heterocycles. The molecule has 0 unspecified atom stereocenters. The maximum atomic E-state index is 12.8. The van der Waals surface area contributed by atoms with Crippen LogP contribution in [-0.2, 0) is 10.2 Å². The molecule has 1 fully saturated rings. The van der Waals surface area contributed by atoms with Crippen LogP contribution in [-0.4, -0.2) is 50.4 Å². The van der Waals surface area contributed by atoms with Crippen LogP contribution < -0.4 is 14.8 Å². The van der Waals surface area contributed by atoms with E-state index in [1.54, 1.807) is 0 Å². The second kappa shape index (κ2) is 8.66. The number of amides is 1. The standard InChI is InChI=1S/C24H30N2O4/c1-24(2,3)19-7-4-17(5-8-19)23(27)25-15-20(26-10-12-28-13-11-26)18-6-9-21-22(14-18)30-16-29-21/h4-9,14,20H,10-13,15-16H2,1-3H3,(H,25,27)/t20-/m1/s1. The van der Waals surface area contributed by atoms with Crippen LogP contribution in [0.15, 0.2) is 42.5 Å². The number of hydrogen-bond donors (Lipinski definition) is 1. The molecule has 0 aliphatic carbocycles. The topological polar surface area (TPSA) is 60.0 Å². The normalized spacial score (nSPS) is 17.6. The number of fused-ring (bicyclic) bond motifs is 1. The number of rotatable bonds is 5. The van der Waals surface area contributed by atoms with Gasteiger partial charge in [-0.25, -0.2) is 0 Å². The van der Waals surface area contributed by atoms with E-state index in [2.05, 4.69) is 37.1 Å². The van der Waals surface area contributed by atoms with Gasteiger partial charge in [0.05, 0.1) is 19.3 Å². The Hall–Kier alpha value is -2.57. The number of ether oxygens (including phenoxy) is 3. The Balaban J connectivity index is 1.48. The van der Waals surface area contributed by atoms with Crippen molar-refractivity contribution in [3.05, 3.63) is 59.2 Å². The van der Waals surface area contributed by atoms with Crippen molar-refractivity contribution < 1.29 is 19.0 Å². The molecule has 0 saturated carbocycles. The second-order valence-electron chi connectivity index (χ2n) is 8.81. The van der Waals surface area contributed by atoms with E-state index >= 15 is 0 Å². The Bertz CT molecular complexity index is 883. The van der Waals surface area contributed by atoms with Gasteiger partial charge in [-0.3, -0.25) is 9.69 Å². The lowest BCUT2D eigenvalue weighted by Crippen LogP contribution is -2.43. The Labute approximate surface area is 178 Å². The highest BCUT2D eigenvalue weighted by Gasteiger charge is 2.25. The van der Waals surface area contributed by atoms with Crippen LogP contribution in [0.1, 0.15) is 48.3 Å². The van der Waals surface area contributed by atoms with Crippen molar-refractivity contribution in [2.75, 3.05) is 39.6 Å². The smallest absolute Gasteiger partial charge is 0.251 e. The van der Waals surface area contributed by atoms with Gasteiger partial charge < -0.3 is 19.5 Å². The summed E-state index contributed by atoms with van der Waals surface area (Å²) in [6.07, 6.45) is 0. The highest BCUT2D eigenvalue weighted by molar-refractivity contribution is 5.94. The minimum atomic E-state index is -0.0607. The van der Waals surface area contributed by atoms with Gasteiger partial charge in [-0.05, 0) is 40.8 Å². The van der Waals surface area contributed by atoms with Crippen LogP contribution in [0.25, 0.3) is 0 Å². The maximum Gasteiger partial charge on any atom is 0.251 e. The molecule has 30 heavy (non-hydrogen) atoms. The first-order chi connectivity index (χ1) is 14.4. The average Bonchev–Trinajstić information content (AvgIpc) is 3.22. The van der Waals surface area contributed by atoms with Gasteiger partial charge in [-0.2, -0.15) is 0 Å². The summed E-state index contributed by atoms with van der Waals surface area (Å²) in [5.74, 6) is 1.46. The van der Waals surface area contributed by atoms with Gasteiger partial charge in [0.25, 0.3) is 5.91 Å². The summed E-state index contributed by atoms with van der Waals surface area (Å²) in [6.45, 7) is 10.3. The number of benzene rings is 2. The predicted octanol–water partition coefficient (Wildman–Crippen LogP) is 3.52. The van der Waals surface area contributed by atoms with E-state index < -0.39 is 0 Å². The quantitative estimate of drug-likeness (QED) is 0.817. The zero-order valence-electron chi connectivity index (χ0n) is 17.9. The molecule has 1 N–H and O–H groups in total. The first kappa shape index (κ1) is 20.7. The van der Waals surface area contributed by atoms with E-state index in [0.717, 1.165) is 30.2 Å². The molecule has 2 heterocycles. The summed E-state index contributed by atoms with van der Waals surface area (Å²) >= 11 is 0. The highest BCUT2D eigenvalue weighted by atomic mass is 16.7. The SMILES string of the molecule is CC(C)(C)c1ccc(C(=O)NC[C@H](c2ccc3c(c2)OCO3)N2CCOCC2)cc1. The fourth-order valence-corrected chi connectivity index (χ4v) is 3.88. The van der Waals surface area contributed by atoms with Crippen LogP contribution in [0.2, 0.25) is 0 Å². The second-order valence-corrected chi connectivity index (χ2v) is 8.81. The lowest BCUT2D eigenvalue weighted by molar-refractivity contribution is 0.0162. The fourth-order valence-electron chi connectivity index (χ4n) is 3.88. The minimum Gasteiger partial charge on any atom is -0.454 e. The first-order valence-electron chi connectivity index (χ1n) is 10.5. The number of hydrogen-bond acceptors (Lipinski definition) is 5. The summed E-state index contributed by atoms with van der Waals surface area (Å²) in [5.41, 5.74) is 3.06. The molecule has 160 valence electrons. The summed E-state index contributed by atoms with van der Waals surface area (Å²) < 4.78 is 16.5. The molecule has 0 spiro atoms. The largest absolute Gasteiger partial charge is 0.454 e. The molecule has 0 radical (unpaired) electrons. The maximum absolute atomic E-state index is 12.8. The van der Waals surface area contributed by atoms with Gasteiger partial charge in [0.1, 0.15) is 0 Å². The number of morpholine rings is 1. The molecule has 1 atom stereocenters. The molecule has 6 heteroatoms. The summed E-state index contributed by atoms with van der Waals surface area (Å²) in [5, 5.41) is 3.13. The van der Waals surface area contributed by atoms with Gasteiger partial charge >= 0.3 is 0 Å². The lowest BCUT2D eigenvalue weighted by atomic mass is 9.87. The third kappa shape index (κ3) is 4.60. The molecule has 0 aromatic heterocycles. The Morgan fingerprint density at radius 1 is 1.03 bits per heavy atom. The molecule has 6 nitrogen and oxygen atoms in total. The van der Waals surface area contributed by atoms with E-state index in [1.165, 1.54) is 5.56 Å². The summed E-state index contributed by atoms with van der Waals surface area (Å²) in [4.78, 5) is 15.2. The third-order valence-electron chi connectivity index (χ3n) is 5.74. The van der Waals surface area contributed by atoms with Crippen LogP contribution in [0.3, 0.4) is 0 Å². The molecule has 2 aromatic rings. The van der Waals surface area contributed by atoms with Gasteiger partial charge in [-0.15, -0.1) is 0 Å². The highest BCUT2D eigenvalue weighted by Crippen LogP contribution is 2.35. The number of nitrogens with zero attached hydrogens (tertiary/aromatic N) is 1. The summed E-state index contributed by atoms with van der Waals surface area (Å²) in [7, 11) is 0. The van der Waals surface area contributed by atoms with Crippen molar-refractivity contribution in [1.82, 2.24) is 10.2 Å². The predicted molar refractivity (Wildman–Crippen MR) is 115 cm³/mol. The molecule has 2 aliphatic rings. The molecule has 1 amide bonds. The van der Waals surface area contributed by atoms with Gasteiger partial charge in [0.2, 0.25) is 6.79 Å². The van der Waals surface area contributed by atoms with Crippen molar-refractivity contribution in [1.29, 1.82) is 0 Å². The molecule has 2 aromatic carbocycles. The fraction of sp³-hybridized carbons (Fsp3) is 0.458. The van der Waals surface area contributed by atoms with Crippen molar-refractivity contribution in [3.8, 4) is 11.5 Å². The van der Waals surface area contributed by atoms with Gasteiger partial charge in [0, 0.05) is 25.2 Å². The Morgan fingerprint density at radius 3 is 2.43 bits per heavy atom. The van der Waals surface area contributed by atoms with Crippen molar-refractivity contribution >= 4 is 5.91 Å². The van der Waals surface area contributed by atoms with Crippen molar-refractivity contribution in [2.45, 2.75) is 32.2 Å². The molecular weight excluding hydrogens is 380 g/mol. The number of nitrogens with one attached hydrogen (secondary N) is 1. The van der Waals surface area contributed by atoms with E-state index in [9.17, 15) is 4.79 Å². The summed E-state index contributed by atoms with van der Waals surface area (Å²) in [6, 6.07) is 13.9. The van der Waals surface area contributed by atoms with E-state index in [4.69, 9.17) is 14.2 Å². The van der Waals surface area contributed by atoms with Crippen molar-refractivity contribution in [3.63, 3.8) is 0 Å². The number of carbonyl (C=O) groups is 1. The third-order valence-corrected chi connectivity index (χ3v) is 5.74. The van der Waals surface area contributed by atoms with Crippen molar-refractivity contribution in [2.24, 2.45) is 0 Å². The molecule has 0 bridgehead atoms. The zero-order chi connectivity index (χ0) is 21.1. The minimum absolute atomic E-state index is 0.0428. The van der Waals surface area contributed by atoms with Crippen LogP contribution >= 0.6 is 0 Å². The Morgan fingerprint density at radius 2 is 1.73 bits per heavy atom. The average molecular weight is 411 g/mol. The number of carbonyl (C=O) groups excluding carboxylic acids is 1. The molecule has 2 aliphatic heterocycles. The van der Waals surface area contributed by atoms with Crippen LogP contribution in [0, 0.1) is 0 Å². The zero-order valence-corrected chi connectivity index (χ0v) is 17.9. The molecule has 4 rings (SSSR count). The van der Waals surface area contributed by atoms with E-state index in [0.29, 0.717) is 25.3 Å². The monoisotopic (exact) mass is 410 g/mol. The van der Waals surface area contributed by atoms with Gasteiger partial charge in [-0.1, -0.05) is 39.0 Å². The van der Waals surface area contributed by atoms with Crippen LogP contribution in [0.4, 0.5) is 0 Å². The van der Waals surface area contributed by atoms with E-state index in [1.807, 2.05) is 36.4 Å². The van der Waals surface area contributed by atoms with Gasteiger partial charge in [0.15, 0.2) is 11.5 Å². The van der Waals surface area contributed by atoms with Crippen LogP contribution in [0.5, 0.6) is 11.5 Å². The lowest BCUT2D eigenvalue weighted by Gasteiger charge is -2.35. The molecular formula is C24H30N2O4.